The number of carbonyl (C=O) groups is 2. The van der Waals surface area contributed by atoms with Gasteiger partial charge in [0, 0.05) is 32.7 Å². The first-order valence-corrected chi connectivity index (χ1v) is 11.1. The second-order valence-corrected chi connectivity index (χ2v) is 8.41. The molecule has 2 aromatic rings. The topological polar surface area (TPSA) is 94.7 Å². The molecule has 0 atom stereocenters. The van der Waals surface area contributed by atoms with Crippen LogP contribution in [0.25, 0.3) is 0 Å². The number of rotatable bonds is 6. The zero-order chi connectivity index (χ0) is 24.3. The number of piperazine rings is 1. The fourth-order valence-electron chi connectivity index (χ4n) is 3.87. The second-order valence-electron chi connectivity index (χ2n) is 8.41. The Bertz CT molecular complexity index is 1110. The van der Waals surface area contributed by atoms with Crippen LogP contribution < -0.4 is 20.5 Å². The molecule has 11 heteroatoms. The molecule has 182 valence electrons. The number of amides is 2. The van der Waals surface area contributed by atoms with Crippen molar-refractivity contribution in [3.8, 4) is 5.75 Å². The number of nitrogens with zero attached hydrogens (tertiary/aromatic N) is 2. The van der Waals surface area contributed by atoms with Crippen LogP contribution in [0.2, 0.25) is 0 Å². The van der Waals surface area contributed by atoms with E-state index in [-0.39, 0.29) is 24.4 Å². The van der Waals surface area contributed by atoms with E-state index in [1.54, 1.807) is 11.0 Å². The third-order valence-electron chi connectivity index (χ3n) is 5.95. The molecule has 2 N–H and O–H groups in total. The number of nitrogens with one attached hydrogen (secondary N) is 2. The Hall–Kier alpha value is -3.50. The van der Waals surface area contributed by atoms with Crippen molar-refractivity contribution in [2.45, 2.75) is 25.4 Å². The number of benzene rings is 1. The van der Waals surface area contributed by atoms with Crippen molar-refractivity contribution < 1.29 is 27.5 Å². The highest BCUT2D eigenvalue weighted by Crippen LogP contribution is 2.33. The molecule has 1 aliphatic heterocycles. The summed E-state index contributed by atoms with van der Waals surface area (Å²) in [5.41, 5.74) is -1.92. The summed E-state index contributed by atoms with van der Waals surface area (Å²) in [6.07, 6.45) is -2.06. The van der Waals surface area contributed by atoms with Gasteiger partial charge in [0.2, 0.25) is 0 Å². The number of anilines is 1. The summed E-state index contributed by atoms with van der Waals surface area (Å²) in [6.45, 7) is 1.51. The average Bonchev–Trinajstić information content (AvgIpc) is 3.64. The lowest BCUT2D eigenvalue weighted by atomic mass is 10.1. The maximum atomic E-state index is 13.3. The van der Waals surface area contributed by atoms with Crippen LogP contribution in [-0.2, 0) is 6.18 Å². The van der Waals surface area contributed by atoms with Gasteiger partial charge in [0.1, 0.15) is 5.82 Å². The largest absolute Gasteiger partial charge is 0.417 e. The first kappa shape index (κ1) is 23.7. The van der Waals surface area contributed by atoms with Gasteiger partial charge in [0.15, 0.2) is 5.75 Å². The molecule has 2 amide bonds. The number of halogens is 3. The number of hydrogen-bond acceptors (Lipinski definition) is 5. The van der Waals surface area contributed by atoms with Gasteiger partial charge in [-0.15, -0.1) is 0 Å². The van der Waals surface area contributed by atoms with E-state index in [2.05, 4.69) is 10.3 Å². The van der Waals surface area contributed by atoms with Gasteiger partial charge in [-0.05, 0) is 36.6 Å². The first-order valence-electron chi connectivity index (χ1n) is 11.1. The number of aromatic nitrogens is 1. The maximum Gasteiger partial charge on any atom is 0.417 e. The molecule has 1 aliphatic carbocycles. The number of carbonyl (C=O) groups excluding carboxylic acids is 2. The molecule has 2 fully saturated rings. The van der Waals surface area contributed by atoms with E-state index < -0.39 is 29.3 Å². The molecule has 8 nitrogen and oxygen atoms in total. The number of H-pyrrole nitrogens is 1. The summed E-state index contributed by atoms with van der Waals surface area (Å²) in [5, 5.41) is 2.62. The van der Waals surface area contributed by atoms with Crippen LogP contribution in [-0.4, -0.2) is 54.6 Å². The lowest BCUT2D eigenvalue weighted by Gasteiger charge is -2.36. The van der Waals surface area contributed by atoms with Crippen LogP contribution >= 0.6 is 0 Å². The fraction of sp³-hybridized carbons (Fsp3) is 0.435. The molecule has 4 rings (SSSR count). The highest BCUT2D eigenvalue weighted by molar-refractivity contribution is 5.96. The normalized spacial score (nSPS) is 16.3. The zero-order valence-corrected chi connectivity index (χ0v) is 18.4. The molecular formula is C23H25F3N4O4. The number of pyridine rings is 1. The van der Waals surface area contributed by atoms with Crippen LogP contribution in [0.5, 0.6) is 5.75 Å². The molecular weight excluding hydrogens is 453 g/mol. The van der Waals surface area contributed by atoms with Gasteiger partial charge in [0.25, 0.3) is 11.5 Å². The summed E-state index contributed by atoms with van der Waals surface area (Å²) in [4.78, 5) is 42.7. The summed E-state index contributed by atoms with van der Waals surface area (Å²) in [5.74, 6) is 0.315. The second kappa shape index (κ2) is 9.78. The predicted octanol–water partition coefficient (Wildman–Crippen LogP) is 3.24. The summed E-state index contributed by atoms with van der Waals surface area (Å²) in [6, 6.07) is 7.71. The quantitative estimate of drug-likeness (QED) is 0.665. The van der Waals surface area contributed by atoms with E-state index in [1.165, 1.54) is 42.0 Å². The predicted molar refractivity (Wildman–Crippen MR) is 118 cm³/mol. The van der Waals surface area contributed by atoms with Crippen molar-refractivity contribution in [2.24, 2.45) is 5.92 Å². The van der Waals surface area contributed by atoms with Gasteiger partial charge in [0.05, 0.1) is 11.1 Å². The van der Waals surface area contributed by atoms with Crippen LogP contribution in [0.3, 0.4) is 0 Å². The molecule has 1 saturated heterocycles. The third kappa shape index (κ3) is 5.70. The van der Waals surface area contributed by atoms with Crippen molar-refractivity contribution in [3.63, 3.8) is 0 Å². The van der Waals surface area contributed by atoms with Crippen molar-refractivity contribution >= 4 is 17.8 Å². The van der Waals surface area contributed by atoms with E-state index in [1.807, 2.05) is 0 Å². The molecule has 34 heavy (non-hydrogen) atoms. The monoisotopic (exact) mass is 478 g/mol. The Labute approximate surface area is 193 Å². The minimum atomic E-state index is -4.62. The van der Waals surface area contributed by atoms with Gasteiger partial charge >= 0.3 is 12.3 Å². The molecule has 2 aliphatic rings. The zero-order valence-electron chi connectivity index (χ0n) is 18.4. The molecule has 0 unspecified atom stereocenters. The molecule has 2 heterocycles. The number of aromatic amines is 1. The van der Waals surface area contributed by atoms with Gasteiger partial charge < -0.3 is 24.8 Å². The lowest BCUT2D eigenvalue weighted by molar-refractivity contribution is -0.138. The Morgan fingerprint density at radius 3 is 2.41 bits per heavy atom. The lowest BCUT2D eigenvalue weighted by Crippen LogP contribution is -2.49. The molecule has 1 aromatic carbocycles. The van der Waals surface area contributed by atoms with Gasteiger partial charge in [-0.25, -0.2) is 4.79 Å². The molecule has 1 saturated carbocycles. The first-order chi connectivity index (χ1) is 16.2. The van der Waals surface area contributed by atoms with Crippen molar-refractivity contribution in [1.29, 1.82) is 0 Å². The van der Waals surface area contributed by atoms with Crippen LogP contribution in [0.15, 0.2) is 41.2 Å². The minimum Gasteiger partial charge on any atom is -0.404 e. The smallest absolute Gasteiger partial charge is 0.404 e. The average molecular weight is 478 g/mol. The molecule has 1 aromatic heterocycles. The molecule has 0 radical (unpaired) electrons. The maximum absolute atomic E-state index is 13.3. The Morgan fingerprint density at radius 1 is 1.06 bits per heavy atom. The van der Waals surface area contributed by atoms with E-state index in [0.29, 0.717) is 31.4 Å². The minimum absolute atomic E-state index is 0.134. The number of ether oxygens (including phenoxy) is 1. The van der Waals surface area contributed by atoms with Crippen molar-refractivity contribution in [2.75, 3.05) is 37.6 Å². The highest BCUT2D eigenvalue weighted by atomic mass is 19.4. The van der Waals surface area contributed by atoms with Crippen molar-refractivity contribution in [1.82, 2.24) is 15.2 Å². The Morgan fingerprint density at radius 2 is 1.76 bits per heavy atom. The molecule has 0 spiro atoms. The number of hydrogen-bond donors (Lipinski definition) is 2. The SMILES string of the molecule is O=C(NCCC1CC1)Oc1ccc(N2CCN(C(=O)c3ccccc3C(F)(F)F)CC2)[nH]c1=O. The summed E-state index contributed by atoms with van der Waals surface area (Å²) >= 11 is 0. The van der Waals surface area contributed by atoms with E-state index >= 15 is 0 Å². The van der Waals surface area contributed by atoms with E-state index in [0.717, 1.165) is 12.5 Å². The van der Waals surface area contributed by atoms with Crippen LogP contribution in [0.4, 0.5) is 23.8 Å². The Kier molecular flexibility index (Phi) is 6.80. The van der Waals surface area contributed by atoms with E-state index in [4.69, 9.17) is 4.74 Å². The summed E-state index contributed by atoms with van der Waals surface area (Å²) in [7, 11) is 0. The van der Waals surface area contributed by atoms with E-state index in [9.17, 15) is 27.6 Å². The Balaban J connectivity index is 1.33. The fourth-order valence-corrected chi connectivity index (χ4v) is 3.87. The van der Waals surface area contributed by atoms with Crippen LogP contribution in [0, 0.1) is 5.92 Å². The number of alkyl halides is 3. The third-order valence-corrected chi connectivity index (χ3v) is 5.95. The summed E-state index contributed by atoms with van der Waals surface area (Å²) < 4.78 is 44.8. The highest BCUT2D eigenvalue weighted by Gasteiger charge is 2.36. The molecule has 0 bridgehead atoms. The van der Waals surface area contributed by atoms with Gasteiger partial charge in [-0.2, -0.15) is 13.2 Å². The standard InChI is InChI=1S/C23H25F3N4O4/c24-23(25,26)17-4-2-1-3-16(17)21(32)30-13-11-29(12-14-30)19-8-7-18(20(31)28-19)34-22(33)27-10-9-15-5-6-15/h1-4,7-8,15H,5-6,9-14H2,(H,27,33)(H,28,31). The van der Waals surface area contributed by atoms with Gasteiger partial charge in [-0.3, -0.25) is 9.59 Å². The van der Waals surface area contributed by atoms with Crippen LogP contribution in [0.1, 0.15) is 35.2 Å². The van der Waals surface area contributed by atoms with Gasteiger partial charge in [-0.1, -0.05) is 25.0 Å². The van der Waals surface area contributed by atoms with Crippen molar-refractivity contribution in [3.05, 3.63) is 57.9 Å².